The van der Waals surface area contributed by atoms with Crippen LogP contribution in [0, 0.1) is 0 Å². The number of hydrogen-bond acceptors (Lipinski definition) is 6. The number of hydrogen-bond donors (Lipinski definition) is 2. The number of nitrogens with zero attached hydrogens (tertiary/aromatic N) is 2. The summed E-state index contributed by atoms with van der Waals surface area (Å²) in [6, 6.07) is 6.63. The van der Waals surface area contributed by atoms with Gasteiger partial charge in [0, 0.05) is 5.92 Å². The van der Waals surface area contributed by atoms with Crippen LogP contribution in [0.4, 0.5) is 5.13 Å². The van der Waals surface area contributed by atoms with Gasteiger partial charge in [0.15, 0.2) is 6.61 Å². The van der Waals surface area contributed by atoms with E-state index in [0.29, 0.717) is 22.4 Å². The number of primary amides is 1. The summed E-state index contributed by atoms with van der Waals surface area (Å²) in [5.74, 6) is -0.174. The van der Waals surface area contributed by atoms with E-state index in [9.17, 15) is 9.59 Å². The Morgan fingerprint density at radius 3 is 2.82 bits per heavy atom. The maximum absolute atomic E-state index is 12.3. The standard InChI is InChI=1S/C14H14N4O3S/c15-11(19)7-21-10-4-2-1-3-9(10)12(20)16-14-18-17-13(22-14)8-5-6-8/h1-4,8H,5-7H2,(H2,15,19)(H,16,18,20). The molecule has 2 amide bonds. The van der Waals surface area contributed by atoms with Gasteiger partial charge in [0.05, 0.1) is 5.56 Å². The van der Waals surface area contributed by atoms with E-state index in [0.717, 1.165) is 17.8 Å². The second kappa shape index (κ2) is 6.10. The number of para-hydroxylation sites is 1. The first-order valence-corrected chi connectivity index (χ1v) is 7.60. The summed E-state index contributed by atoms with van der Waals surface area (Å²) >= 11 is 1.38. The fourth-order valence-corrected chi connectivity index (χ4v) is 2.78. The summed E-state index contributed by atoms with van der Waals surface area (Å²) in [6.07, 6.45) is 2.26. The average Bonchev–Trinajstić information content (AvgIpc) is 3.26. The first-order valence-electron chi connectivity index (χ1n) is 6.78. The molecule has 0 atom stereocenters. The second-order valence-corrected chi connectivity index (χ2v) is 5.93. The predicted molar refractivity (Wildman–Crippen MR) is 81.0 cm³/mol. The molecule has 0 radical (unpaired) electrons. The van der Waals surface area contributed by atoms with Gasteiger partial charge in [0.25, 0.3) is 11.8 Å². The van der Waals surface area contributed by atoms with Crippen LogP contribution in [0.15, 0.2) is 24.3 Å². The predicted octanol–water partition coefficient (Wildman–Crippen LogP) is 1.53. The number of carbonyl (C=O) groups excluding carboxylic acids is 2. The van der Waals surface area contributed by atoms with E-state index in [-0.39, 0.29) is 12.5 Å². The smallest absolute Gasteiger partial charge is 0.261 e. The minimum absolute atomic E-state index is 0.283. The van der Waals surface area contributed by atoms with Crippen LogP contribution in [0.3, 0.4) is 0 Å². The number of anilines is 1. The molecule has 22 heavy (non-hydrogen) atoms. The molecule has 3 N–H and O–H groups in total. The lowest BCUT2D eigenvalue weighted by atomic mass is 10.2. The van der Waals surface area contributed by atoms with E-state index >= 15 is 0 Å². The van der Waals surface area contributed by atoms with Crippen LogP contribution in [0.5, 0.6) is 5.75 Å². The zero-order chi connectivity index (χ0) is 15.5. The molecule has 0 aliphatic heterocycles. The van der Waals surface area contributed by atoms with Crippen molar-refractivity contribution in [2.24, 2.45) is 5.73 Å². The Kier molecular flexibility index (Phi) is 4.01. The van der Waals surface area contributed by atoms with Gasteiger partial charge in [-0.15, -0.1) is 10.2 Å². The molecule has 1 fully saturated rings. The Hall–Kier alpha value is -2.48. The summed E-state index contributed by atoms with van der Waals surface area (Å²) in [5, 5.41) is 12.1. The Balaban J connectivity index is 1.71. The van der Waals surface area contributed by atoms with Crippen LogP contribution in [-0.2, 0) is 4.79 Å². The number of nitrogens with two attached hydrogens (primary N) is 1. The van der Waals surface area contributed by atoms with Gasteiger partial charge in [-0.1, -0.05) is 23.5 Å². The van der Waals surface area contributed by atoms with Gasteiger partial charge in [-0.3, -0.25) is 14.9 Å². The third-order valence-electron chi connectivity index (χ3n) is 3.09. The molecule has 2 aromatic rings. The van der Waals surface area contributed by atoms with E-state index in [2.05, 4.69) is 15.5 Å². The van der Waals surface area contributed by atoms with Gasteiger partial charge in [-0.05, 0) is 25.0 Å². The van der Waals surface area contributed by atoms with E-state index in [4.69, 9.17) is 10.5 Å². The molecule has 8 heteroatoms. The quantitative estimate of drug-likeness (QED) is 0.840. The lowest BCUT2D eigenvalue weighted by Gasteiger charge is -2.09. The number of ether oxygens (including phenoxy) is 1. The highest BCUT2D eigenvalue weighted by atomic mass is 32.1. The van der Waals surface area contributed by atoms with Crippen LogP contribution >= 0.6 is 11.3 Å². The average molecular weight is 318 g/mol. The Morgan fingerprint density at radius 1 is 1.32 bits per heavy atom. The Bertz CT molecular complexity index is 712. The molecule has 0 unspecified atom stereocenters. The van der Waals surface area contributed by atoms with Crippen molar-refractivity contribution in [3.63, 3.8) is 0 Å². The van der Waals surface area contributed by atoms with Crippen molar-refractivity contribution in [3.05, 3.63) is 34.8 Å². The second-order valence-electron chi connectivity index (χ2n) is 4.92. The summed E-state index contributed by atoms with van der Waals surface area (Å²) in [4.78, 5) is 23.1. The van der Waals surface area contributed by atoms with Gasteiger partial charge in [0.1, 0.15) is 10.8 Å². The normalized spacial score (nSPS) is 13.6. The third kappa shape index (κ3) is 3.40. The van der Waals surface area contributed by atoms with Crippen LogP contribution in [-0.4, -0.2) is 28.6 Å². The Labute approximate surface area is 130 Å². The largest absolute Gasteiger partial charge is 0.483 e. The SMILES string of the molecule is NC(=O)COc1ccccc1C(=O)Nc1nnc(C2CC2)s1. The van der Waals surface area contributed by atoms with Gasteiger partial charge < -0.3 is 10.5 Å². The summed E-state index contributed by atoms with van der Waals surface area (Å²) < 4.78 is 5.24. The molecule has 1 aromatic heterocycles. The first-order chi connectivity index (χ1) is 10.6. The van der Waals surface area contributed by atoms with Crippen molar-refractivity contribution >= 4 is 28.3 Å². The van der Waals surface area contributed by atoms with Crippen LogP contribution < -0.4 is 15.8 Å². The van der Waals surface area contributed by atoms with Crippen LogP contribution in [0.25, 0.3) is 0 Å². The molecule has 0 spiro atoms. The van der Waals surface area contributed by atoms with Gasteiger partial charge in [-0.25, -0.2) is 0 Å². The molecule has 3 rings (SSSR count). The van der Waals surface area contributed by atoms with Gasteiger partial charge in [0.2, 0.25) is 5.13 Å². The molecule has 7 nitrogen and oxygen atoms in total. The molecule has 0 bridgehead atoms. The van der Waals surface area contributed by atoms with E-state index < -0.39 is 5.91 Å². The summed E-state index contributed by atoms with van der Waals surface area (Å²) in [6.45, 7) is -0.283. The zero-order valence-electron chi connectivity index (χ0n) is 11.6. The summed E-state index contributed by atoms with van der Waals surface area (Å²) in [5.41, 5.74) is 5.36. The highest BCUT2D eigenvalue weighted by molar-refractivity contribution is 7.15. The van der Waals surface area contributed by atoms with Crippen molar-refractivity contribution in [3.8, 4) is 5.75 Å². The zero-order valence-corrected chi connectivity index (χ0v) is 12.4. The van der Waals surface area contributed by atoms with Crippen LogP contribution in [0.2, 0.25) is 0 Å². The van der Waals surface area contributed by atoms with Crippen molar-refractivity contribution in [1.29, 1.82) is 0 Å². The number of amides is 2. The monoisotopic (exact) mass is 318 g/mol. The molecule has 1 aliphatic carbocycles. The molecular formula is C14H14N4O3S. The van der Waals surface area contributed by atoms with E-state index in [1.807, 2.05) is 0 Å². The third-order valence-corrected chi connectivity index (χ3v) is 4.09. The highest BCUT2D eigenvalue weighted by Gasteiger charge is 2.28. The van der Waals surface area contributed by atoms with Crippen molar-refractivity contribution in [2.75, 3.05) is 11.9 Å². The number of benzene rings is 1. The molecular weight excluding hydrogens is 304 g/mol. The maximum Gasteiger partial charge on any atom is 0.261 e. The molecule has 1 aromatic carbocycles. The first kappa shape index (κ1) is 14.5. The fourth-order valence-electron chi connectivity index (χ4n) is 1.87. The van der Waals surface area contributed by atoms with Crippen molar-refractivity contribution in [1.82, 2.24) is 10.2 Å². The van der Waals surface area contributed by atoms with Crippen molar-refractivity contribution < 1.29 is 14.3 Å². The number of rotatable bonds is 6. The van der Waals surface area contributed by atoms with Crippen molar-refractivity contribution in [2.45, 2.75) is 18.8 Å². The van der Waals surface area contributed by atoms with E-state index in [1.54, 1.807) is 24.3 Å². The minimum atomic E-state index is -0.603. The fraction of sp³-hybridized carbons (Fsp3) is 0.286. The summed E-state index contributed by atoms with van der Waals surface area (Å²) in [7, 11) is 0. The lowest BCUT2D eigenvalue weighted by Crippen LogP contribution is -2.21. The lowest BCUT2D eigenvalue weighted by molar-refractivity contribution is -0.119. The molecule has 0 saturated heterocycles. The van der Waals surface area contributed by atoms with Gasteiger partial charge >= 0.3 is 0 Å². The van der Waals surface area contributed by atoms with E-state index in [1.165, 1.54) is 11.3 Å². The highest BCUT2D eigenvalue weighted by Crippen LogP contribution is 2.42. The van der Waals surface area contributed by atoms with Crippen LogP contribution in [0.1, 0.15) is 34.1 Å². The van der Waals surface area contributed by atoms with Gasteiger partial charge in [-0.2, -0.15) is 0 Å². The molecule has 1 saturated carbocycles. The minimum Gasteiger partial charge on any atom is -0.483 e. The topological polar surface area (TPSA) is 107 Å². The maximum atomic E-state index is 12.3. The number of carbonyl (C=O) groups is 2. The number of nitrogens with one attached hydrogen (secondary N) is 1. The molecule has 1 heterocycles. The molecule has 114 valence electrons. The Morgan fingerprint density at radius 2 is 2.09 bits per heavy atom. The molecule has 1 aliphatic rings. The number of aromatic nitrogens is 2.